The summed E-state index contributed by atoms with van der Waals surface area (Å²) < 4.78 is 0. The molecule has 0 bridgehead atoms. The van der Waals surface area contributed by atoms with Crippen LogP contribution in [-0.4, -0.2) is 16.8 Å². The number of thiazole rings is 1. The SMILES string of the molecule is CC1(C)CCC(c2ncc(CNC(=O)c3ccc4c(c3)NC(=O)c3ccccc3S4)s2)C1. The monoisotopic (exact) mass is 463 g/mol. The smallest absolute Gasteiger partial charge is 0.256 e. The normalized spacial score (nSPS) is 18.9. The molecule has 2 N–H and O–H groups in total. The van der Waals surface area contributed by atoms with E-state index < -0.39 is 0 Å². The number of carbonyl (C=O) groups excluding carboxylic acids is 2. The molecule has 1 saturated carbocycles. The number of fused-ring (bicyclic) bond motifs is 2. The van der Waals surface area contributed by atoms with Crippen LogP contribution in [0.1, 0.15) is 69.6 Å². The number of anilines is 1. The minimum absolute atomic E-state index is 0.156. The topological polar surface area (TPSA) is 71.1 Å². The maximum Gasteiger partial charge on any atom is 0.256 e. The van der Waals surface area contributed by atoms with Gasteiger partial charge in [0.25, 0.3) is 11.8 Å². The van der Waals surface area contributed by atoms with E-state index in [4.69, 9.17) is 0 Å². The number of carbonyl (C=O) groups is 2. The van der Waals surface area contributed by atoms with E-state index in [-0.39, 0.29) is 11.8 Å². The first kappa shape index (κ1) is 21.2. The summed E-state index contributed by atoms with van der Waals surface area (Å²) >= 11 is 3.23. The van der Waals surface area contributed by atoms with Gasteiger partial charge in [0.15, 0.2) is 0 Å². The lowest BCUT2D eigenvalue weighted by molar-refractivity contribution is 0.0949. The van der Waals surface area contributed by atoms with Gasteiger partial charge in [-0.05, 0) is 55.0 Å². The van der Waals surface area contributed by atoms with Gasteiger partial charge in [0.05, 0.1) is 22.8 Å². The van der Waals surface area contributed by atoms with Crippen LogP contribution < -0.4 is 10.6 Å². The van der Waals surface area contributed by atoms with E-state index in [1.807, 2.05) is 36.5 Å². The number of aromatic nitrogens is 1. The van der Waals surface area contributed by atoms with Crippen molar-refractivity contribution in [1.82, 2.24) is 10.3 Å². The molecule has 3 aromatic rings. The maximum atomic E-state index is 12.8. The second kappa shape index (κ2) is 8.37. The number of benzene rings is 2. The third-order valence-corrected chi connectivity index (χ3v) is 8.47. The summed E-state index contributed by atoms with van der Waals surface area (Å²) in [4.78, 5) is 32.9. The van der Waals surface area contributed by atoms with Crippen molar-refractivity contribution < 1.29 is 9.59 Å². The molecule has 7 heteroatoms. The Bertz CT molecular complexity index is 1200. The van der Waals surface area contributed by atoms with E-state index in [0.29, 0.717) is 34.7 Å². The molecule has 2 aliphatic rings. The van der Waals surface area contributed by atoms with Gasteiger partial charge < -0.3 is 10.6 Å². The predicted molar refractivity (Wildman–Crippen MR) is 129 cm³/mol. The van der Waals surface area contributed by atoms with E-state index in [0.717, 1.165) is 14.7 Å². The number of nitrogens with zero attached hydrogens (tertiary/aromatic N) is 1. The molecule has 1 aromatic heterocycles. The summed E-state index contributed by atoms with van der Waals surface area (Å²) in [6.07, 6.45) is 5.49. The summed E-state index contributed by atoms with van der Waals surface area (Å²) in [5, 5.41) is 7.12. The van der Waals surface area contributed by atoms with E-state index in [1.54, 1.807) is 23.5 Å². The van der Waals surface area contributed by atoms with Crippen LogP contribution in [-0.2, 0) is 6.54 Å². The summed E-state index contributed by atoms with van der Waals surface area (Å²) in [5.74, 6) is 0.219. The van der Waals surface area contributed by atoms with Gasteiger partial charge in [-0.15, -0.1) is 11.3 Å². The highest BCUT2D eigenvalue weighted by Gasteiger charge is 2.33. The first-order chi connectivity index (χ1) is 15.4. The van der Waals surface area contributed by atoms with Crippen LogP contribution in [0.2, 0.25) is 0 Å². The van der Waals surface area contributed by atoms with E-state index >= 15 is 0 Å². The Labute approximate surface area is 196 Å². The molecule has 2 amide bonds. The maximum absolute atomic E-state index is 12.8. The van der Waals surface area contributed by atoms with Crippen LogP contribution in [0.4, 0.5) is 5.69 Å². The quantitative estimate of drug-likeness (QED) is 0.492. The Morgan fingerprint density at radius 2 is 2.06 bits per heavy atom. The zero-order chi connectivity index (χ0) is 22.3. The van der Waals surface area contributed by atoms with Crippen LogP contribution in [0.3, 0.4) is 0 Å². The van der Waals surface area contributed by atoms with Crippen molar-refractivity contribution in [3.63, 3.8) is 0 Å². The second-order valence-electron chi connectivity index (χ2n) is 9.21. The van der Waals surface area contributed by atoms with E-state index in [2.05, 4.69) is 29.5 Å². The zero-order valence-electron chi connectivity index (χ0n) is 18.1. The van der Waals surface area contributed by atoms with Gasteiger partial charge in [0.1, 0.15) is 0 Å². The Morgan fingerprint density at radius 3 is 2.88 bits per heavy atom. The van der Waals surface area contributed by atoms with Crippen LogP contribution in [0, 0.1) is 5.41 Å². The van der Waals surface area contributed by atoms with Crippen molar-refractivity contribution in [2.45, 2.75) is 55.4 Å². The first-order valence-electron chi connectivity index (χ1n) is 10.8. The average Bonchev–Trinajstić information content (AvgIpc) is 3.36. The summed E-state index contributed by atoms with van der Waals surface area (Å²) in [6, 6.07) is 13.0. The Morgan fingerprint density at radius 1 is 1.22 bits per heavy atom. The molecule has 1 fully saturated rings. The fourth-order valence-corrected chi connectivity index (χ4v) is 6.42. The minimum Gasteiger partial charge on any atom is -0.347 e. The van der Waals surface area contributed by atoms with Crippen molar-refractivity contribution in [1.29, 1.82) is 0 Å². The lowest BCUT2D eigenvalue weighted by atomic mass is 9.91. The van der Waals surface area contributed by atoms with Crippen molar-refractivity contribution in [3.05, 3.63) is 69.7 Å². The molecular weight excluding hydrogens is 438 g/mol. The largest absolute Gasteiger partial charge is 0.347 e. The number of hydrogen-bond donors (Lipinski definition) is 2. The molecule has 1 unspecified atom stereocenters. The molecule has 1 aliphatic heterocycles. The average molecular weight is 464 g/mol. The van der Waals surface area contributed by atoms with Crippen LogP contribution in [0.15, 0.2) is 58.5 Å². The Kier molecular flexibility index (Phi) is 5.55. The molecule has 5 nitrogen and oxygen atoms in total. The molecule has 1 atom stereocenters. The van der Waals surface area contributed by atoms with E-state index in [1.165, 1.54) is 36.0 Å². The Hall–Kier alpha value is -2.64. The molecule has 0 radical (unpaired) electrons. The van der Waals surface area contributed by atoms with Gasteiger partial charge in [0.2, 0.25) is 0 Å². The lowest BCUT2D eigenvalue weighted by Crippen LogP contribution is -2.22. The number of rotatable bonds is 4. The standard InChI is InChI=1S/C25H25N3O2S2/c1-25(2)10-9-16(12-25)24-27-14-17(31-24)13-26-22(29)15-7-8-21-19(11-15)28-23(30)18-5-3-4-6-20(18)32-21/h3-8,11,14,16H,9-10,12-13H2,1-2H3,(H,26,29)(H,28,30). The third-order valence-electron chi connectivity index (χ3n) is 6.15. The summed E-state index contributed by atoms with van der Waals surface area (Å²) in [6.45, 7) is 5.10. The van der Waals surface area contributed by atoms with Crippen molar-refractivity contribution in [3.8, 4) is 0 Å². The molecule has 0 spiro atoms. The Balaban J connectivity index is 1.25. The zero-order valence-corrected chi connectivity index (χ0v) is 19.7. The van der Waals surface area contributed by atoms with Gasteiger partial charge in [-0.25, -0.2) is 4.98 Å². The summed E-state index contributed by atoms with van der Waals surface area (Å²) in [5.41, 5.74) is 2.22. The fraction of sp³-hybridized carbons (Fsp3) is 0.320. The molecule has 32 heavy (non-hydrogen) atoms. The van der Waals surface area contributed by atoms with Gasteiger partial charge >= 0.3 is 0 Å². The minimum atomic E-state index is -0.161. The van der Waals surface area contributed by atoms with Gasteiger partial charge in [-0.1, -0.05) is 37.7 Å². The molecule has 0 saturated heterocycles. The molecule has 2 aromatic carbocycles. The van der Waals surface area contributed by atoms with Crippen molar-refractivity contribution in [2.24, 2.45) is 5.41 Å². The molecular formula is C25H25N3O2S2. The van der Waals surface area contributed by atoms with Crippen LogP contribution in [0.5, 0.6) is 0 Å². The molecule has 1 aliphatic carbocycles. The van der Waals surface area contributed by atoms with Gasteiger partial charge in [0, 0.05) is 32.3 Å². The van der Waals surface area contributed by atoms with Gasteiger partial charge in [-0.2, -0.15) is 0 Å². The number of hydrogen-bond acceptors (Lipinski definition) is 5. The molecule has 164 valence electrons. The number of nitrogens with one attached hydrogen (secondary N) is 2. The van der Waals surface area contributed by atoms with Crippen LogP contribution >= 0.6 is 23.1 Å². The highest BCUT2D eigenvalue weighted by atomic mass is 32.2. The fourth-order valence-electron chi connectivity index (χ4n) is 4.42. The highest BCUT2D eigenvalue weighted by molar-refractivity contribution is 7.99. The predicted octanol–water partition coefficient (Wildman–Crippen LogP) is 6.08. The van der Waals surface area contributed by atoms with Crippen molar-refractivity contribution in [2.75, 3.05) is 5.32 Å². The molecule has 2 heterocycles. The lowest BCUT2D eigenvalue weighted by Gasteiger charge is -2.15. The van der Waals surface area contributed by atoms with Gasteiger partial charge in [-0.3, -0.25) is 9.59 Å². The van der Waals surface area contributed by atoms with Crippen LogP contribution in [0.25, 0.3) is 0 Å². The van der Waals surface area contributed by atoms with Crippen molar-refractivity contribution >= 4 is 40.6 Å². The number of amides is 2. The summed E-state index contributed by atoms with van der Waals surface area (Å²) in [7, 11) is 0. The molecule has 5 rings (SSSR count). The third kappa shape index (κ3) is 4.32. The highest BCUT2D eigenvalue weighted by Crippen LogP contribution is 2.46. The first-order valence-corrected chi connectivity index (χ1v) is 12.5. The second-order valence-corrected chi connectivity index (χ2v) is 11.4. The van der Waals surface area contributed by atoms with E-state index in [9.17, 15) is 9.59 Å².